The Labute approximate surface area is 80.1 Å². The van der Waals surface area contributed by atoms with Crippen LogP contribution < -0.4 is 11.1 Å². The average molecular weight is 184 g/mol. The van der Waals surface area contributed by atoms with Crippen LogP contribution >= 0.6 is 0 Å². The van der Waals surface area contributed by atoms with Gasteiger partial charge in [0.15, 0.2) is 0 Å². The van der Waals surface area contributed by atoms with Gasteiger partial charge in [-0.15, -0.1) is 0 Å². The lowest BCUT2D eigenvalue weighted by Gasteiger charge is -2.35. The molecule has 1 atom stereocenters. The van der Waals surface area contributed by atoms with Gasteiger partial charge in [0, 0.05) is 5.54 Å². The van der Waals surface area contributed by atoms with Crippen LogP contribution in [0.1, 0.15) is 46.0 Å². The third-order valence-electron chi connectivity index (χ3n) is 2.80. The predicted octanol–water partition coefficient (Wildman–Crippen LogP) is 1.17. The third-order valence-corrected chi connectivity index (χ3v) is 2.80. The Kier molecular flexibility index (Phi) is 3.31. The third kappa shape index (κ3) is 2.99. The fraction of sp³-hybridized carbons (Fsp3) is 0.900. The predicted molar refractivity (Wildman–Crippen MR) is 53.3 cm³/mol. The van der Waals surface area contributed by atoms with Crippen molar-refractivity contribution in [3.63, 3.8) is 0 Å². The first kappa shape index (κ1) is 10.5. The van der Waals surface area contributed by atoms with E-state index in [1.54, 1.807) is 6.92 Å². The van der Waals surface area contributed by atoms with Crippen LogP contribution in [-0.4, -0.2) is 17.5 Å². The Hall–Kier alpha value is -0.570. The maximum atomic E-state index is 11.4. The van der Waals surface area contributed by atoms with Gasteiger partial charge in [-0.05, 0) is 26.7 Å². The molecule has 3 N–H and O–H groups in total. The topological polar surface area (TPSA) is 55.1 Å². The molecule has 0 saturated heterocycles. The van der Waals surface area contributed by atoms with E-state index in [1.165, 1.54) is 19.3 Å². The van der Waals surface area contributed by atoms with E-state index in [4.69, 9.17) is 5.73 Å². The second-order valence-corrected chi connectivity index (χ2v) is 4.40. The zero-order valence-corrected chi connectivity index (χ0v) is 8.60. The van der Waals surface area contributed by atoms with Gasteiger partial charge in [-0.25, -0.2) is 0 Å². The molecule has 1 saturated carbocycles. The van der Waals surface area contributed by atoms with E-state index in [0.29, 0.717) is 0 Å². The van der Waals surface area contributed by atoms with Crippen molar-refractivity contribution in [3.05, 3.63) is 0 Å². The molecule has 0 aromatic rings. The Bertz CT molecular complexity index is 183. The van der Waals surface area contributed by atoms with E-state index in [2.05, 4.69) is 12.2 Å². The number of hydrogen-bond donors (Lipinski definition) is 2. The maximum Gasteiger partial charge on any atom is 0.237 e. The minimum Gasteiger partial charge on any atom is -0.350 e. The van der Waals surface area contributed by atoms with Crippen LogP contribution in [0.5, 0.6) is 0 Å². The summed E-state index contributed by atoms with van der Waals surface area (Å²) in [5.41, 5.74) is 5.50. The lowest BCUT2D eigenvalue weighted by molar-refractivity contribution is -0.124. The zero-order chi connectivity index (χ0) is 9.90. The summed E-state index contributed by atoms with van der Waals surface area (Å²) in [7, 11) is 0. The molecule has 0 aromatic heterocycles. The monoisotopic (exact) mass is 184 g/mol. The summed E-state index contributed by atoms with van der Waals surface area (Å²) in [5, 5.41) is 3.03. The molecule has 0 spiro atoms. The van der Waals surface area contributed by atoms with Crippen molar-refractivity contribution in [1.29, 1.82) is 0 Å². The summed E-state index contributed by atoms with van der Waals surface area (Å²) in [6.45, 7) is 3.84. The lowest BCUT2D eigenvalue weighted by atomic mass is 9.83. The summed E-state index contributed by atoms with van der Waals surface area (Å²) in [5.74, 6) is -0.0237. The molecule has 0 bridgehead atoms. The molecular weight excluding hydrogens is 164 g/mol. The van der Waals surface area contributed by atoms with Crippen LogP contribution in [0.3, 0.4) is 0 Å². The molecule has 1 aliphatic rings. The molecule has 0 radical (unpaired) electrons. The van der Waals surface area contributed by atoms with Gasteiger partial charge in [0.25, 0.3) is 0 Å². The van der Waals surface area contributed by atoms with Crippen molar-refractivity contribution in [1.82, 2.24) is 5.32 Å². The average Bonchev–Trinajstić information content (AvgIpc) is 2.04. The first-order valence-electron chi connectivity index (χ1n) is 5.11. The summed E-state index contributed by atoms with van der Waals surface area (Å²) < 4.78 is 0. The van der Waals surface area contributed by atoms with Gasteiger partial charge in [0.2, 0.25) is 5.91 Å². The highest BCUT2D eigenvalue weighted by atomic mass is 16.2. The number of nitrogens with two attached hydrogens (primary N) is 1. The van der Waals surface area contributed by atoms with Crippen molar-refractivity contribution in [2.45, 2.75) is 57.5 Å². The Morgan fingerprint density at radius 2 is 1.92 bits per heavy atom. The number of rotatable bonds is 2. The first-order valence-corrected chi connectivity index (χ1v) is 5.11. The van der Waals surface area contributed by atoms with Crippen molar-refractivity contribution in [3.8, 4) is 0 Å². The van der Waals surface area contributed by atoms with Crippen LogP contribution in [0, 0.1) is 0 Å². The molecule has 0 aromatic carbocycles. The highest BCUT2D eigenvalue weighted by molar-refractivity contribution is 5.81. The van der Waals surface area contributed by atoms with Crippen LogP contribution in [0.15, 0.2) is 0 Å². The number of amides is 1. The van der Waals surface area contributed by atoms with E-state index in [9.17, 15) is 4.79 Å². The fourth-order valence-corrected chi connectivity index (χ4v) is 1.87. The van der Waals surface area contributed by atoms with Crippen LogP contribution in [0.25, 0.3) is 0 Å². The Morgan fingerprint density at radius 3 is 2.38 bits per heavy atom. The van der Waals surface area contributed by atoms with E-state index in [-0.39, 0.29) is 11.4 Å². The number of hydrogen-bond acceptors (Lipinski definition) is 2. The standard InChI is InChI=1S/C10H20N2O/c1-8(11)9(13)12-10(2)6-4-3-5-7-10/h8H,3-7,11H2,1-2H3,(H,12,13)/t8-/m1/s1. The molecule has 3 nitrogen and oxygen atoms in total. The Balaban J connectivity index is 2.45. The van der Waals surface area contributed by atoms with E-state index in [1.807, 2.05) is 0 Å². The smallest absolute Gasteiger partial charge is 0.237 e. The van der Waals surface area contributed by atoms with Gasteiger partial charge in [-0.3, -0.25) is 4.79 Å². The SMILES string of the molecule is C[C@@H](N)C(=O)NC1(C)CCCCC1. The quantitative estimate of drug-likeness (QED) is 0.677. The molecule has 1 fully saturated rings. The summed E-state index contributed by atoms with van der Waals surface area (Å²) in [6, 6.07) is -0.390. The minimum atomic E-state index is -0.390. The van der Waals surface area contributed by atoms with Gasteiger partial charge in [0.05, 0.1) is 6.04 Å². The molecule has 1 aliphatic carbocycles. The zero-order valence-electron chi connectivity index (χ0n) is 8.60. The molecule has 0 unspecified atom stereocenters. The molecule has 1 amide bonds. The molecule has 76 valence electrons. The van der Waals surface area contributed by atoms with Gasteiger partial charge < -0.3 is 11.1 Å². The van der Waals surface area contributed by atoms with Crippen LogP contribution in [-0.2, 0) is 4.79 Å². The summed E-state index contributed by atoms with van der Waals surface area (Å²) >= 11 is 0. The summed E-state index contributed by atoms with van der Waals surface area (Å²) in [6.07, 6.45) is 5.91. The van der Waals surface area contributed by atoms with Crippen molar-refractivity contribution >= 4 is 5.91 Å². The summed E-state index contributed by atoms with van der Waals surface area (Å²) in [4.78, 5) is 11.4. The highest BCUT2D eigenvalue weighted by Gasteiger charge is 2.28. The van der Waals surface area contributed by atoms with E-state index >= 15 is 0 Å². The molecule has 0 aliphatic heterocycles. The van der Waals surface area contributed by atoms with Crippen LogP contribution in [0.2, 0.25) is 0 Å². The minimum absolute atomic E-state index is 0.00294. The normalized spacial score (nSPS) is 23.6. The molecule has 0 heterocycles. The molecular formula is C10H20N2O. The lowest BCUT2D eigenvalue weighted by Crippen LogP contribution is -2.52. The first-order chi connectivity index (χ1) is 6.03. The van der Waals surface area contributed by atoms with Gasteiger partial charge in [-0.2, -0.15) is 0 Å². The molecule has 1 rings (SSSR count). The van der Waals surface area contributed by atoms with Crippen molar-refractivity contribution in [2.75, 3.05) is 0 Å². The number of carbonyl (C=O) groups is 1. The Morgan fingerprint density at radius 1 is 1.38 bits per heavy atom. The largest absolute Gasteiger partial charge is 0.350 e. The van der Waals surface area contributed by atoms with Crippen molar-refractivity contribution < 1.29 is 4.79 Å². The highest BCUT2D eigenvalue weighted by Crippen LogP contribution is 2.27. The molecule has 3 heteroatoms. The molecule has 13 heavy (non-hydrogen) atoms. The number of nitrogens with one attached hydrogen (secondary N) is 1. The van der Waals surface area contributed by atoms with Crippen molar-refractivity contribution in [2.24, 2.45) is 5.73 Å². The van der Waals surface area contributed by atoms with E-state index in [0.717, 1.165) is 12.8 Å². The van der Waals surface area contributed by atoms with Gasteiger partial charge in [0.1, 0.15) is 0 Å². The number of carbonyl (C=O) groups excluding carboxylic acids is 1. The fourth-order valence-electron chi connectivity index (χ4n) is 1.87. The second kappa shape index (κ2) is 4.09. The van der Waals surface area contributed by atoms with Gasteiger partial charge in [-0.1, -0.05) is 19.3 Å². The van der Waals surface area contributed by atoms with Crippen LogP contribution in [0.4, 0.5) is 0 Å². The van der Waals surface area contributed by atoms with Gasteiger partial charge >= 0.3 is 0 Å². The maximum absolute atomic E-state index is 11.4. The second-order valence-electron chi connectivity index (χ2n) is 4.40. The van der Waals surface area contributed by atoms with E-state index < -0.39 is 6.04 Å².